The Morgan fingerprint density at radius 1 is 1.00 bits per heavy atom. The zero-order valence-corrected chi connectivity index (χ0v) is 19.4. The van der Waals surface area contributed by atoms with Crippen molar-refractivity contribution in [1.82, 2.24) is 15.1 Å². The van der Waals surface area contributed by atoms with Gasteiger partial charge in [0.05, 0.1) is 22.8 Å². The van der Waals surface area contributed by atoms with E-state index in [1.54, 1.807) is 35.2 Å². The second-order valence-electron chi connectivity index (χ2n) is 7.05. The molecule has 0 bridgehead atoms. The van der Waals surface area contributed by atoms with Gasteiger partial charge in [0.2, 0.25) is 0 Å². The van der Waals surface area contributed by atoms with E-state index in [2.05, 4.69) is 15.5 Å². The van der Waals surface area contributed by atoms with Gasteiger partial charge in [-0.1, -0.05) is 23.2 Å². The Kier molecular flexibility index (Phi) is 7.72. The van der Waals surface area contributed by atoms with Crippen LogP contribution in [0.3, 0.4) is 0 Å². The quantitative estimate of drug-likeness (QED) is 0.652. The minimum absolute atomic E-state index is 0.0445. The molecular formula is C21H22Cl2N4O3S. The van der Waals surface area contributed by atoms with Crippen LogP contribution in [0.5, 0.6) is 5.75 Å². The number of thiocarbonyl (C=S) groups is 1. The van der Waals surface area contributed by atoms with Crippen molar-refractivity contribution in [2.75, 3.05) is 45.7 Å². The molecule has 0 spiro atoms. The molecule has 1 aliphatic heterocycles. The van der Waals surface area contributed by atoms with Gasteiger partial charge in [-0.25, -0.2) is 0 Å². The minimum Gasteiger partial charge on any atom is -0.495 e. The molecule has 0 unspecified atom stereocenters. The Morgan fingerprint density at radius 3 is 2.32 bits per heavy atom. The summed E-state index contributed by atoms with van der Waals surface area (Å²) in [7, 11) is 3.52. The summed E-state index contributed by atoms with van der Waals surface area (Å²) in [5.41, 5.74) is 1.24. The molecule has 1 aliphatic rings. The fourth-order valence-electron chi connectivity index (χ4n) is 3.08. The number of nitrogens with zero attached hydrogens (tertiary/aromatic N) is 2. The van der Waals surface area contributed by atoms with Gasteiger partial charge in [-0.2, -0.15) is 0 Å². The standard InChI is InChI=1S/C21H22Cl2N4O3S/c1-26-7-9-27(10-8-26)20(29)14-3-5-15(22)17(12-14)24-21(31)25-19(28)13-4-6-18(30-2)16(23)11-13/h3-6,11-12H,7-10H2,1-2H3,(H2,24,25,28,31). The summed E-state index contributed by atoms with van der Waals surface area (Å²) in [6.45, 7) is 2.99. The molecular weight excluding hydrogens is 459 g/mol. The molecule has 1 heterocycles. The number of nitrogens with one attached hydrogen (secondary N) is 2. The lowest BCUT2D eigenvalue weighted by molar-refractivity contribution is 0.0664. The SMILES string of the molecule is COc1ccc(C(=O)NC(=S)Nc2cc(C(=O)N3CCN(C)CC3)ccc2Cl)cc1Cl. The molecule has 0 aromatic heterocycles. The zero-order chi connectivity index (χ0) is 22.5. The number of likely N-dealkylation sites (N-methyl/N-ethyl adjacent to an activating group) is 1. The van der Waals surface area contributed by atoms with E-state index >= 15 is 0 Å². The van der Waals surface area contributed by atoms with Crippen LogP contribution >= 0.6 is 35.4 Å². The average molecular weight is 481 g/mol. The number of piperazine rings is 1. The first kappa shape index (κ1) is 23.3. The number of methoxy groups -OCH3 is 1. The third kappa shape index (κ3) is 5.86. The number of hydrogen-bond acceptors (Lipinski definition) is 5. The van der Waals surface area contributed by atoms with Crippen LogP contribution in [0.1, 0.15) is 20.7 Å². The Labute approximate surface area is 196 Å². The topological polar surface area (TPSA) is 73.9 Å². The molecule has 0 atom stereocenters. The molecule has 10 heteroatoms. The molecule has 0 radical (unpaired) electrons. The first-order chi connectivity index (χ1) is 14.8. The van der Waals surface area contributed by atoms with Crippen LogP contribution in [0.25, 0.3) is 0 Å². The van der Waals surface area contributed by atoms with E-state index in [0.29, 0.717) is 45.7 Å². The zero-order valence-electron chi connectivity index (χ0n) is 17.1. The third-order valence-electron chi connectivity index (χ3n) is 4.89. The first-order valence-electron chi connectivity index (χ1n) is 9.51. The minimum atomic E-state index is -0.442. The summed E-state index contributed by atoms with van der Waals surface area (Å²) in [5.74, 6) is -0.0500. The Bertz CT molecular complexity index is 1010. The molecule has 2 aromatic rings. The summed E-state index contributed by atoms with van der Waals surface area (Å²) in [5, 5.41) is 6.19. The van der Waals surface area contributed by atoms with Crippen LogP contribution in [0.15, 0.2) is 36.4 Å². The number of carbonyl (C=O) groups excluding carboxylic acids is 2. The maximum atomic E-state index is 12.8. The molecule has 0 saturated carbocycles. The predicted octanol–water partition coefficient (Wildman–Crippen LogP) is 3.52. The van der Waals surface area contributed by atoms with E-state index in [4.69, 9.17) is 40.2 Å². The molecule has 7 nitrogen and oxygen atoms in total. The molecule has 2 aromatic carbocycles. The van der Waals surface area contributed by atoms with Crippen molar-refractivity contribution in [3.63, 3.8) is 0 Å². The van der Waals surface area contributed by atoms with Gasteiger partial charge < -0.3 is 19.9 Å². The van der Waals surface area contributed by atoms with Gasteiger partial charge in [0.1, 0.15) is 5.75 Å². The van der Waals surface area contributed by atoms with Crippen molar-refractivity contribution >= 4 is 58.0 Å². The highest BCUT2D eigenvalue weighted by atomic mass is 35.5. The Balaban J connectivity index is 1.67. The first-order valence-corrected chi connectivity index (χ1v) is 10.7. The van der Waals surface area contributed by atoms with Crippen LogP contribution in [0.4, 0.5) is 5.69 Å². The van der Waals surface area contributed by atoms with Gasteiger partial charge >= 0.3 is 0 Å². The van der Waals surface area contributed by atoms with E-state index in [1.165, 1.54) is 13.2 Å². The smallest absolute Gasteiger partial charge is 0.257 e. The largest absolute Gasteiger partial charge is 0.495 e. The summed E-state index contributed by atoms with van der Waals surface area (Å²) < 4.78 is 5.08. The van der Waals surface area contributed by atoms with Crippen molar-refractivity contribution in [1.29, 1.82) is 0 Å². The molecule has 3 rings (SSSR count). The highest BCUT2D eigenvalue weighted by molar-refractivity contribution is 7.80. The van der Waals surface area contributed by atoms with Crippen molar-refractivity contribution in [3.8, 4) is 5.75 Å². The Hall–Kier alpha value is -2.39. The molecule has 1 saturated heterocycles. The average Bonchev–Trinajstić information content (AvgIpc) is 2.75. The van der Waals surface area contributed by atoms with Crippen molar-refractivity contribution in [2.24, 2.45) is 0 Å². The van der Waals surface area contributed by atoms with Crippen molar-refractivity contribution < 1.29 is 14.3 Å². The van der Waals surface area contributed by atoms with Gasteiger partial charge in [-0.15, -0.1) is 0 Å². The lowest BCUT2D eigenvalue weighted by atomic mass is 10.1. The van der Waals surface area contributed by atoms with Gasteiger partial charge in [-0.3, -0.25) is 14.9 Å². The van der Waals surface area contributed by atoms with Crippen LogP contribution in [-0.2, 0) is 0 Å². The van der Waals surface area contributed by atoms with Crippen LogP contribution in [0.2, 0.25) is 10.0 Å². The maximum absolute atomic E-state index is 12.8. The molecule has 164 valence electrons. The maximum Gasteiger partial charge on any atom is 0.257 e. The molecule has 31 heavy (non-hydrogen) atoms. The molecule has 2 N–H and O–H groups in total. The second-order valence-corrected chi connectivity index (χ2v) is 8.27. The third-order valence-corrected chi connectivity index (χ3v) is 5.72. The van der Waals surface area contributed by atoms with Crippen LogP contribution in [-0.4, -0.2) is 67.1 Å². The normalized spacial score (nSPS) is 14.1. The van der Waals surface area contributed by atoms with Gasteiger partial charge in [0.15, 0.2) is 5.11 Å². The van der Waals surface area contributed by atoms with E-state index < -0.39 is 5.91 Å². The number of amides is 2. The summed E-state index contributed by atoms with van der Waals surface area (Å²) in [4.78, 5) is 29.3. The number of carbonyl (C=O) groups is 2. The number of ether oxygens (including phenoxy) is 1. The lowest BCUT2D eigenvalue weighted by Crippen LogP contribution is -2.47. The fourth-order valence-corrected chi connectivity index (χ4v) is 3.71. The van der Waals surface area contributed by atoms with Gasteiger partial charge in [0, 0.05) is 37.3 Å². The van der Waals surface area contributed by atoms with Crippen LogP contribution in [0, 0.1) is 0 Å². The van der Waals surface area contributed by atoms with Crippen molar-refractivity contribution in [2.45, 2.75) is 0 Å². The second kappa shape index (κ2) is 10.3. The number of benzene rings is 2. The van der Waals surface area contributed by atoms with Crippen LogP contribution < -0.4 is 15.4 Å². The summed E-state index contributed by atoms with van der Waals surface area (Å²) in [6.07, 6.45) is 0. The van der Waals surface area contributed by atoms with E-state index in [-0.39, 0.29) is 11.0 Å². The molecule has 0 aliphatic carbocycles. The van der Waals surface area contributed by atoms with E-state index in [0.717, 1.165) is 13.1 Å². The van der Waals surface area contributed by atoms with Crippen molar-refractivity contribution in [3.05, 3.63) is 57.6 Å². The number of rotatable bonds is 4. The monoisotopic (exact) mass is 480 g/mol. The fraction of sp³-hybridized carbons (Fsp3) is 0.286. The summed E-state index contributed by atoms with van der Waals surface area (Å²) in [6, 6.07) is 9.59. The van der Waals surface area contributed by atoms with Gasteiger partial charge in [-0.05, 0) is 55.7 Å². The molecule has 2 amide bonds. The van der Waals surface area contributed by atoms with E-state index in [1.807, 2.05) is 7.05 Å². The number of halogens is 2. The van der Waals surface area contributed by atoms with E-state index in [9.17, 15) is 9.59 Å². The predicted molar refractivity (Wildman–Crippen MR) is 127 cm³/mol. The Morgan fingerprint density at radius 2 is 1.68 bits per heavy atom. The number of anilines is 1. The lowest BCUT2D eigenvalue weighted by Gasteiger charge is -2.32. The number of hydrogen-bond donors (Lipinski definition) is 2. The van der Waals surface area contributed by atoms with Gasteiger partial charge in [0.25, 0.3) is 11.8 Å². The molecule has 1 fully saturated rings. The highest BCUT2D eigenvalue weighted by Crippen LogP contribution is 2.26. The summed E-state index contributed by atoms with van der Waals surface area (Å²) >= 11 is 17.6. The highest BCUT2D eigenvalue weighted by Gasteiger charge is 2.21.